The number of alkyl halides is 1. The Balaban J connectivity index is 1.92. The fraction of sp³-hybridized carbons (Fsp3) is 0.360. The highest BCUT2D eigenvalue weighted by Crippen LogP contribution is 2.42. The fourth-order valence-corrected chi connectivity index (χ4v) is 4.58. The molecule has 1 N–H and O–H groups in total. The van der Waals surface area contributed by atoms with Crippen molar-refractivity contribution in [1.29, 1.82) is 0 Å². The van der Waals surface area contributed by atoms with Gasteiger partial charge < -0.3 is 9.52 Å². The number of oxazole rings is 1. The van der Waals surface area contributed by atoms with Gasteiger partial charge in [-0.2, -0.15) is 0 Å². The van der Waals surface area contributed by atoms with Gasteiger partial charge in [-0.25, -0.2) is 22.9 Å². The molecule has 3 aromatic rings. The molecule has 0 aliphatic carbocycles. The van der Waals surface area contributed by atoms with Crippen LogP contribution in [0.5, 0.6) is 0 Å². The van der Waals surface area contributed by atoms with E-state index in [9.17, 15) is 9.18 Å². The van der Waals surface area contributed by atoms with Gasteiger partial charge in [-0.05, 0) is 74.2 Å². The summed E-state index contributed by atoms with van der Waals surface area (Å²) in [6, 6.07) is 4.68. The minimum Gasteiger partial charge on any atom is -0.478 e. The number of carboxylic acid groups (broad SMARTS) is 1. The minimum absolute atomic E-state index is 0.0340. The van der Waals surface area contributed by atoms with E-state index in [0.717, 1.165) is 29.8 Å². The number of hydrogen-bond donors (Lipinski definition) is 1. The number of nitrogens with zero attached hydrogens (tertiary/aromatic N) is 2. The van der Waals surface area contributed by atoms with Crippen LogP contribution >= 0.6 is 0 Å². The summed E-state index contributed by atoms with van der Waals surface area (Å²) < 4.78 is 51.2. The summed E-state index contributed by atoms with van der Waals surface area (Å²) in [5, 5.41) is 8.81. The summed E-state index contributed by atoms with van der Waals surface area (Å²) in [6.45, 7) is 6.46. The van der Waals surface area contributed by atoms with E-state index in [1.807, 2.05) is 13.0 Å². The van der Waals surface area contributed by atoms with Crippen LogP contribution in [0.15, 0.2) is 34.8 Å². The maximum atomic E-state index is 15.4. The molecular weight excluding hydrogens is 433 g/mol. The van der Waals surface area contributed by atoms with Gasteiger partial charge in [-0.15, -0.1) is 0 Å². The van der Waals surface area contributed by atoms with Gasteiger partial charge in [0.2, 0.25) is 0 Å². The van der Waals surface area contributed by atoms with E-state index in [1.165, 1.54) is 13.8 Å². The molecule has 0 unspecified atom stereocenters. The monoisotopic (exact) mass is 458 g/mol. The number of aliphatic carboxylic acids is 1. The van der Waals surface area contributed by atoms with Crippen molar-refractivity contribution in [3.63, 3.8) is 0 Å². The molecule has 1 aliphatic rings. The number of halogens is 3. The summed E-state index contributed by atoms with van der Waals surface area (Å²) in [5.74, 6) is -2.41. The quantitative estimate of drug-likeness (QED) is 0.505. The Bertz CT molecular complexity index is 1240. The normalized spacial score (nSPS) is 19.4. The first kappa shape index (κ1) is 23.0. The molecule has 0 spiro atoms. The average Bonchev–Trinajstić information content (AvgIpc) is 3.04. The average molecular weight is 458 g/mol. The number of rotatable bonds is 5. The highest BCUT2D eigenvalue weighted by molar-refractivity contribution is 5.85. The second-order valence-electron chi connectivity index (χ2n) is 9.17. The molecule has 0 radical (unpaired) electrons. The first-order valence-electron chi connectivity index (χ1n) is 10.7. The lowest BCUT2D eigenvalue weighted by atomic mass is 9.83. The summed E-state index contributed by atoms with van der Waals surface area (Å²) >= 11 is 0. The van der Waals surface area contributed by atoms with Crippen molar-refractivity contribution in [1.82, 2.24) is 9.88 Å². The second-order valence-corrected chi connectivity index (χ2v) is 9.17. The van der Waals surface area contributed by atoms with E-state index in [2.05, 4.69) is 4.98 Å². The fourth-order valence-electron chi connectivity index (χ4n) is 4.58. The number of carboxylic acids is 1. The van der Waals surface area contributed by atoms with E-state index in [4.69, 9.17) is 9.52 Å². The molecular formula is C25H25F3N2O3. The van der Waals surface area contributed by atoms with Crippen LogP contribution in [0.25, 0.3) is 17.2 Å². The Hall–Kier alpha value is -3.13. The topological polar surface area (TPSA) is 66.6 Å². The number of benzene rings is 2. The van der Waals surface area contributed by atoms with Crippen molar-refractivity contribution in [2.45, 2.75) is 51.9 Å². The molecule has 2 atom stereocenters. The van der Waals surface area contributed by atoms with Crippen molar-refractivity contribution < 1.29 is 27.5 Å². The van der Waals surface area contributed by atoms with Gasteiger partial charge in [0.15, 0.2) is 11.5 Å². The lowest BCUT2D eigenvalue weighted by Crippen LogP contribution is -2.48. The second kappa shape index (κ2) is 8.33. The molecule has 174 valence electrons. The van der Waals surface area contributed by atoms with Crippen LogP contribution in [0, 0.1) is 18.6 Å². The Kier molecular flexibility index (Phi) is 5.82. The van der Waals surface area contributed by atoms with Gasteiger partial charge >= 0.3 is 5.97 Å². The van der Waals surface area contributed by atoms with E-state index in [0.29, 0.717) is 29.0 Å². The highest BCUT2D eigenvalue weighted by Gasteiger charge is 2.39. The van der Waals surface area contributed by atoms with Crippen LogP contribution in [0.2, 0.25) is 0 Å². The molecule has 4 rings (SSSR count). The van der Waals surface area contributed by atoms with Crippen molar-refractivity contribution in [2.75, 3.05) is 6.54 Å². The first-order valence-corrected chi connectivity index (χ1v) is 10.7. The summed E-state index contributed by atoms with van der Waals surface area (Å²) in [7, 11) is 0. The molecule has 1 aliphatic heterocycles. The molecule has 0 bridgehead atoms. The number of aryl methyl sites for hydroxylation is 1. The summed E-state index contributed by atoms with van der Waals surface area (Å²) in [4.78, 5) is 16.9. The standard InChI is InChI=1S/C25H25F3N2O3/c1-13-7-16-10-21-20(29-14(2)33-21)11-17(16)24(30(13)12-25(3,4)28)23-18(26)8-15(9-19(23)27)5-6-22(31)32/h5-6,8-11,13,24H,7,12H2,1-4H3,(H,31,32)/b6-5+/t13-,24+/m0/s1. The van der Waals surface area contributed by atoms with E-state index in [1.54, 1.807) is 17.9 Å². The van der Waals surface area contributed by atoms with E-state index >= 15 is 8.78 Å². The summed E-state index contributed by atoms with van der Waals surface area (Å²) in [6.07, 6.45) is 2.49. The maximum absolute atomic E-state index is 15.4. The molecule has 5 nitrogen and oxygen atoms in total. The zero-order chi connectivity index (χ0) is 24.1. The third-order valence-electron chi connectivity index (χ3n) is 5.82. The van der Waals surface area contributed by atoms with Crippen LogP contribution in [0.4, 0.5) is 13.2 Å². The van der Waals surface area contributed by atoms with Crippen molar-refractivity contribution in [3.8, 4) is 0 Å². The predicted octanol–water partition coefficient (Wildman–Crippen LogP) is 5.60. The zero-order valence-electron chi connectivity index (χ0n) is 18.8. The number of hydrogen-bond acceptors (Lipinski definition) is 4. The lowest BCUT2D eigenvalue weighted by Gasteiger charge is -2.44. The molecule has 2 aromatic carbocycles. The molecule has 0 saturated heterocycles. The molecule has 1 aromatic heterocycles. The third-order valence-corrected chi connectivity index (χ3v) is 5.82. The molecule has 0 amide bonds. The van der Waals surface area contributed by atoms with Crippen LogP contribution < -0.4 is 0 Å². The molecule has 0 fully saturated rings. The van der Waals surface area contributed by atoms with E-state index in [-0.39, 0.29) is 23.7 Å². The summed E-state index contributed by atoms with van der Waals surface area (Å²) in [5.41, 5.74) is 0.927. The Morgan fingerprint density at radius 1 is 1.27 bits per heavy atom. The van der Waals surface area contributed by atoms with Gasteiger partial charge in [0, 0.05) is 31.1 Å². The minimum atomic E-state index is -1.60. The van der Waals surface area contributed by atoms with E-state index < -0.39 is 29.3 Å². The largest absolute Gasteiger partial charge is 0.478 e. The van der Waals surface area contributed by atoms with Crippen molar-refractivity contribution in [2.24, 2.45) is 0 Å². The molecule has 2 heterocycles. The highest BCUT2D eigenvalue weighted by atomic mass is 19.1. The van der Waals surface area contributed by atoms with Crippen LogP contribution in [-0.4, -0.2) is 39.2 Å². The number of fused-ring (bicyclic) bond motifs is 2. The van der Waals surface area contributed by atoms with Crippen LogP contribution in [0.1, 0.15) is 55.0 Å². The Labute approximate surface area is 189 Å². The van der Waals surface area contributed by atoms with Gasteiger partial charge in [0.05, 0.1) is 6.04 Å². The van der Waals surface area contributed by atoms with Gasteiger partial charge in [-0.3, -0.25) is 4.90 Å². The smallest absolute Gasteiger partial charge is 0.328 e. The molecule has 0 saturated carbocycles. The first-order chi connectivity index (χ1) is 15.4. The predicted molar refractivity (Wildman–Crippen MR) is 119 cm³/mol. The number of carbonyl (C=O) groups is 1. The van der Waals surface area contributed by atoms with Crippen molar-refractivity contribution in [3.05, 3.63) is 70.1 Å². The SMILES string of the molecule is Cc1nc2cc3c(cc2o1)C[C@H](C)N(CC(C)(C)F)[C@H]3c1c(F)cc(/C=C/C(=O)O)cc1F. The number of aromatic nitrogens is 1. The maximum Gasteiger partial charge on any atom is 0.328 e. The van der Waals surface area contributed by atoms with Crippen LogP contribution in [0.3, 0.4) is 0 Å². The van der Waals surface area contributed by atoms with Gasteiger partial charge in [-0.1, -0.05) is 0 Å². The van der Waals surface area contributed by atoms with Gasteiger partial charge in [0.25, 0.3) is 0 Å². The molecule has 33 heavy (non-hydrogen) atoms. The van der Waals surface area contributed by atoms with Gasteiger partial charge in [0.1, 0.15) is 22.8 Å². The Morgan fingerprint density at radius 2 is 1.94 bits per heavy atom. The Morgan fingerprint density at radius 3 is 2.55 bits per heavy atom. The van der Waals surface area contributed by atoms with Crippen LogP contribution in [-0.2, 0) is 11.2 Å². The molecule has 8 heteroatoms. The van der Waals surface area contributed by atoms with Crippen molar-refractivity contribution >= 4 is 23.1 Å². The zero-order valence-corrected chi connectivity index (χ0v) is 18.8. The third kappa shape index (κ3) is 4.66. The lowest BCUT2D eigenvalue weighted by molar-refractivity contribution is -0.131.